The molecule has 0 heterocycles. The molecule has 8 heavy (non-hydrogen) atoms. The zero-order valence-corrected chi connectivity index (χ0v) is 5.33. The van der Waals surface area contributed by atoms with E-state index in [0.29, 0.717) is 6.54 Å². The summed E-state index contributed by atoms with van der Waals surface area (Å²) in [6, 6.07) is 1.57. The van der Waals surface area contributed by atoms with E-state index in [2.05, 4.69) is 22.5 Å². The Hall–Kier alpha value is -0.730. The van der Waals surface area contributed by atoms with Gasteiger partial charge in [-0.3, -0.25) is 0 Å². The Morgan fingerprint density at radius 1 is 2.00 bits per heavy atom. The van der Waals surface area contributed by atoms with E-state index < -0.39 is 0 Å². The number of rotatable bonds is 1. The number of nitrogens with one attached hydrogen (secondary N) is 1. The van der Waals surface area contributed by atoms with Crippen LogP contribution in [0.3, 0.4) is 0 Å². The third kappa shape index (κ3) is 3.46. The molecule has 0 aliphatic rings. The highest BCUT2D eigenvalue weighted by molar-refractivity contribution is 7.80. The Labute approximate surface area is 53.3 Å². The van der Waals surface area contributed by atoms with E-state index in [4.69, 9.17) is 5.41 Å². The summed E-state index contributed by atoms with van der Waals surface area (Å²) in [7, 11) is 0. The molecule has 44 valence electrons. The molecule has 0 spiro atoms. The average molecular weight is 128 g/mol. The summed E-state index contributed by atoms with van der Waals surface area (Å²) in [6.07, 6.45) is 0. The van der Waals surface area contributed by atoms with Crippen molar-refractivity contribution in [2.45, 2.75) is 6.92 Å². The third-order valence-corrected chi connectivity index (χ3v) is 0.715. The van der Waals surface area contributed by atoms with Crippen molar-refractivity contribution < 1.29 is 0 Å². The number of hydrogen-bond donors (Lipinski definition) is 1. The van der Waals surface area contributed by atoms with Gasteiger partial charge in [0.15, 0.2) is 0 Å². The van der Waals surface area contributed by atoms with Crippen LogP contribution in [0, 0.1) is 0 Å². The minimum Gasteiger partial charge on any atom is -0.422 e. The van der Waals surface area contributed by atoms with E-state index in [1.165, 1.54) is 0 Å². The summed E-state index contributed by atoms with van der Waals surface area (Å²) in [6.45, 7) is 2.60. The van der Waals surface area contributed by atoms with E-state index in [-0.39, 0.29) is 5.11 Å². The summed E-state index contributed by atoms with van der Waals surface area (Å²) < 4.78 is 0. The van der Waals surface area contributed by atoms with Crippen LogP contribution in [0.5, 0.6) is 0 Å². The lowest BCUT2D eigenvalue weighted by molar-refractivity contribution is 0.974. The third-order valence-electron chi connectivity index (χ3n) is 0.480. The minimum absolute atomic E-state index is 0.259. The van der Waals surface area contributed by atoms with Crippen LogP contribution in [0.4, 0.5) is 0 Å². The molecule has 0 amide bonds. The van der Waals surface area contributed by atoms with Crippen molar-refractivity contribution in [3.63, 3.8) is 0 Å². The number of nitrogens with zero attached hydrogens (tertiary/aromatic N) is 2. The summed E-state index contributed by atoms with van der Waals surface area (Å²) in [4.78, 5) is 3.24. The summed E-state index contributed by atoms with van der Waals surface area (Å²) in [5, 5.41) is 10.9. The van der Waals surface area contributed by atoms with Crippen LogP contribution in [-0.2, 0) is 0 Å². The van der Waals surface area contributed by atoms with Crippen LogP contribution in [0.2, 0.25) is 0 Å². The summed E-state index contributed by atoms with van der Waals surface area (Å²) in [5.74, 6) is 0. The van der Waals surface area contributed by atoms with Gasteiger partial charge in [0.25, 0.3) is 0 Å². The molecule has 0 bridgehead atoms. The van der Waals surface area contributed by atoms with Crippen LogP contribution < -0.4 is 5.32 Å². The van der Waals surface area contributed by atoms with E-state index in [1.54, 1.807) is 6.01 Å². The summed E-state index contributed by atoms with van der Waals surface area (Å²) >= 11 is 4.55. The molecule has 0 aromatic heterocycles. The molecule has 0 aliphatic carbocycles. The van der Waals surface area contributed by atoms with Crippen LogP contribution >= 0.6 is 12.2 Å². The lowest BCUT2D eigenvalue weighted by atomic mass is 10.7. The zero-order chi connectivity index (χ0) is 6.41. The van der Waals surface area contributed by atoms with E-state index in [0.717, 1.165) is 0 Å². The standard InChI is InChI=1S/C4H6N3S/c1-2-6-4(8)7-3-5/h2H2,1H3,(H,6,8)/q-1. The predicted octanol–water partition coefficient (Wildman–Crippen LogP) is 0.624. The highest BCUT2D eigenvalue weighted by atomic mass is 32.1. The van der Waals surface area contributed by atoms with Crippen molar-refractivity contribution in [1.29, 1.82) is 0 Å². The number of aliphatic imine (C=N–C) groups is 1. The topological polar surface area (TPSA) is 46.7 Å². The Balaban J connectivity index is 3.49. The fourth-order valence-corrected chi connectivity index (χ4v) is 0.421. The molecule has 3 nitrogen and oxygen atoms in total. The fourth-order valence-electron chi connectivity index (χ4n) is 0.236. The SMILES string of the molecule is CCNC(=S)N=C=[N-]. The maximum Gasteiger partial charge on any atom is 0.0937 e. The molecule has 0 aliphatic heterocycles. The highest BCUT2D eigenvalue weighted by Gasteiger charge is 1.73. The molecule has 0 rings (SSSR count). The van der Waals surface area contributed by atoms with Crippen LogP contribution in [-0.4, -0.2) is 17.7 Å². The van der Waals surface area contributed by atoms with Crippen molar-refractivity contribution in [2.24, 2.45) is 4.99 Å². The van der Waals surface area contributed by atoms with Crippen molar-refractivity contribution in [3.8, 4) is 0 Å². The van der Waals surface area contributed by atoms with Crippen LogP contribution in [0.25, 0.3) is 5.41 Å². The second-order valence-corrected chi connectivity index (χ2v) is 1.43. The molecule has 0 fully saturated rings. The first-order valence-electron chi connectivity index (χ1n) is 2.19. The van der Waals surface area contributed by atoms with Crippen molar-refractivity contribution in [2.75, 3.05) is 6.54 Å². The van der Waals surface area contributed by atoms with Gasteiger partial charge in [0.05, 0.1) is 5.11 Å². The van der Waals surface area contributed by atoms with Crippen LogP contribution in [0.1, 0.15) is 6.92 Å². The summed E-state index contributed by atoms with van der Waals surface area (Å²) in [5.41, 5.74) is 0. The molecule has 0 radical (unpaired) electrons. The molecule has 0 aromatic carbocycles. The number of thiocarbonyl (C=S) groups is 1. The second kappa shape index (κ2) is 4.43. The molecular formula is C4H6N3S-. The first kappa shape index (κ1) is 7.27. The monoisotopic (exact) mass is 128 g/mol. The molecular weight excluding hydrogens is 122 g/mol. The Bertz CT molecular complexity index is 125. The molecule has 4 heteroatoms. The smallest absolute Gasteiger partial charge is 0.0937 e. The van der Waals surface area contributed by atoms with Gasteiger partial charge >= 0.3 is 0 Å². The lowest BCUT2D eigenvalue weighted by Gasteiger charge is -1.99. The highest BCUT2D eigenvalue weighted by Crippen LogP contribution is 1.69. The quantitative estimate of drug-likeness (QED) is 0.415. The Morgan fingerprint density at radius 2 is 2.62 bits per heavy atom. The Morgan fingerprint density at radius 3 is 3.00 bits per heavy atom. The van der Waals surface area contributed by atoms with Crippen molar-refractivity contribution in [1.82, 2.24) is 5.32 Å². The molecule has 0 aromatic rings. The average Bonchev–Trinajstić information content (AvgIpc) is 1.68. The lowest BCUT2D eigenvalue weighted by Crippen LogP contribution is -2.17. The Kier molecular flexibility index (Phi) is 4.03. The largest absolute Gasteiger partial charge is 0.422 e. The predicted molar refractivity (Wildman–Crippen MR) is 37.1 cm³/mol. The molecule has 1 N–H and O–H groups in total. The second-order valence-electron chi connectivity index (χ2n) is 1.05. The van der Waals surface area contributed by atoms with E-state index in [1.807, 2.05) is 6.92 Å². The normalized spacial score (nSPS) is 7.12. The van der Waals surface area contributed by atoms with Gasteiger partial charge in [-0.05, 0) is 6.92 Å². The molecule has 0 saturated carbocycles. The van der Waals surface area contributed by atoms with Gasteiger partial charge in [-0.25, -0.2) is 0 Å². The first-order valence-corrected chi connectivity index (χ1v) is 2.59. The molecule has 0 atom stereocenters. The van der Waals surface area contributed by atoms with Gasteiger partial charge in [0, 0.05) is 6.54 Å². The fraction of sp³-hybridized carbons (Fsp3) is 0.500. The van der Waals surface area contributed by atoms with Gasteiger partial charge in [0.1, 0.15) is 0 Å². The van der Waals surface area contributed by atoms with Gasteiger partial charge in [-0.2, -0.15) is 0 Å². The van der Waals surface area contributed by atoms with Crippen molar-refractivity contribution >= 4 is 23.3 Å². The van der Waals surface area contributed by atoms with E-state index >= 15 is 0 Å². The maximum absolute atomic E-state index is 7.92. The van der Waals surface area contributed by atoms with Gasteiger partial charge in [-0.15, -0.1) is 6.01 Å². The van der Waals surface area contributed by atoms with Crippen molar-refractivity contribution in [3.05, 3.63) is 5.41 Å². The number of hydrogen-bond acceptors (Lipinski definition) is 1. The van der Waals surface area contributed by atoms with Gasteiger partial charge in [0.2, 0.25) is 0 Å². The zero-order valence-electron chi connectivity index (χ0n) is 4.51. The first-order chi connectivity index (χ1) is 3.81. The van der Waals surface area contributed by atoms with E-state index in [9.17, 15) is 0 Å². The van der Waals surface area contributed by atoms with Gasteiger partial charge < -0.3 is 15.7 Å². The van der Waals surface area contributed by atoms with Gasteiger partial charge in [-0.1, -0.05) is 12.2 Å². The maximum atomic E-state index is 7.92. The molecule has 0 saturated heterocycles. The van der Waals surface area contributed by atoms with Crippen LogP contribution in [0.15, 0.2) is 4.99 Å². The minimum atomic E-state index is 0.259. The molecule has 0 unspecified atom stereocenters.